The van der Waals surface area contributed by atoms with Gasteiger partial charge in [0.15, 0.2) is 10.5 Å². The number of nitrogens with one attached hydrogen (secondary N) is 1. The number of carbonyl (C=O) groups is 1. The first-order valence-corrected chi connectivity index (χ1v) is 7.42. The van der Waals surface area contributed by atoms with Crippen LogP contribution in [0.15, 0.2) is 26.6 Å². The fraction of sp³-hybridized carbons (Fsp3) is 0.538. The van der Waals surface area contributed by atoms with Gasteiger partial charge in [0.1, 0.15) is 5.54 Å². The number of amidine groups is 1. The topological polar surface area (TPSA) is 101 Å². The van der Waals surface area contributed by atoms with Crippen molar-refractivity contribution in [3.05, 3.63) is 22.6 Å². The molecule has 0 spiro atoms. The lowest BCUT2D eigenvalue weighted by atomic mass is 9.88. The lowest BCUT2D eigenvalue weighted by molar-refractivity contribution is 0.0913. The van der Waals surface area contributed by atoms with Gasteiger partial charge in [-0.3, -0.25) is 4.79 Å². The Balaban J connectivity index is 2.24. The van der Waals surface area contributed by atoms with Crippen molar-refractivity contribution in [1.29, 1.82) is 0 Å². The maximum Gasteiger partial charge on any atom is 0.256 e. The van der Waals surface area contributed by atoms with Gasteiger partial charge in [-0.05, 0) is 34.8 Å². The van der Waals surface area contributed by atoms with E-state index in [1.165, 1.54) is 6.26 Å². The monoisotopic (exact) mass is 343 g/mol. The molecule has 1 amide bonds. The fourth-order valence-electron chi connectivity index (χ4n) is 2.61. The van der Waals surface area contributed by atoms with Gasteiger partial charge < -0.3 is 20.7 Å². The predicted molar refractivity (Wildman–Crippen MR) is 77.7 cm³/mol. The summed E-state index contributed by atoms with van der Waals surface area (Å²) in [7, 11) is 0. The number of hydrogen-bond donors (Lipinski definition) is 3. The van der Waals surface area contributed by atoms with Gasteiger partial charge in [-0.15, -0.1) is 0 Å². The van der Waals surface area contributed by atoms with E-state index in [1.54, 1.807) is 6.07 Å². The minimum Gasteiger partial charge on any atom is -0.457 e. The van der Waals surface area contributed by atoms with E-state index >= 15 is 0 Å². The summed E-state index contributed by atoms with van der Waals surface area (Å²) in [4.78, 5) is 12.3. The van der Waals surface area contributed by atoms with Crippen LogP contribution in [-0.4, -0.2) is 22.5 Å². The van der Waals surface area contributed by atoms with Gasteiger partial charge in [0.2, 0.25) is 0 Å². The van der Waals surface area contributed by atoms with Crippen LogP contribution in [0.2, 0.25) is 0 Å². The Morgan fingerprint density at radius 2 is 2.05 bits per heavy atom. The van der Waals surface area contributed by atoms with Crippen LogP contribution in [0.25, 0.3) is 0 Å². The van der Waals surface area contributed by atoms with E-state index in [1.807, 2.05) is 0 Å². The molecule has 1 aliphatic carbocycles. The molecule has 1 aromatic heterocycles. The highest BCUT2D eigenvalue weighted by molar-refractivity contribution is 9.10. The van der Waals surface area contributed by atoms with Gasteiger partial charge in [-0.1, -0.05) is 30.8 Å². The Kier molecular flexibility index (Phi) is 4.69. The van der Waals surface area contributed by atoms with E-state index in [0.717, 1.165) is 25.7 Å². The molecule has 1 fully saturated rings. The van der Waals surface area contributed by atoms with E-state index in [-0.39, 0.29) is 11.7 Å². The quantitative estimate of drug-likeness (QED) is 0.258. The van der Waals surface area contributed by atoms with Gasteiger partial charge in [-0.25, -0.2) is 0 Å². The molecule has 1 aliphatic rings. The number of rotatable bonds is 3. The third kappa shape index (κ3) is 2.98. The lowest BCUT2D eigenvalue weighted by Gasteiger charge is -2.32. The summed E-state index contributed by atoms with van der Waals surface area (Å²) >= 11 is 3.18. The maximum absolute atomic E-state index is 12.3. The minimum atomic E-state index is -0.779. The van der Waals surface area contributed by atoms with Crippen LogP contribution in [0.4, 0.5) is 0 Å². The van der Waals surface area contributed by atoms with Gasteiger partial charge in [0.25, 0.3) is 5.91 Å². The lowest BCUT2D eigenvalue weighted by Crippen LogP contribution is -2.57. The summed E-state index contributed by atoms with van der Waals surface area (Å²) in [6.07, 6.45) is 6.82. The molecule has 0 radical (unpaired) electrons. The zero-order chi connectivity index (χ0) is 14.6. The maximum atomic E-state index is 12.3. The van der Waals surface area contributed by atoms with Crippen LogP contribution in [0.3, 0.4) is 0 Å². The molecular weight excluding hydrogens is 326 g/mol. The highest BCUT2D eigenvalue weighted by Gasteiger charge is 2.37. The molecule has 6 nitrogen and oxygen atoms in total. The first-order chi connectivity index (χ1) is 9.59. The number of furan rings is 1. The average Bonchev–Trinajstić information content (AvgIpc) is 2.73. The summed E-state index contributed by atoms with van der Waals surface area (Å²) in [6.45, 7) is 0. The molecule has 0 saturated heterocycles. The van der Waals surface area contributed by atoms with Gasteiger partial charge in [-0.2, -0.15) is 0 Å². The van der Waals surface area contributed by atoms with E-state index in [0.29, 0.717) is 23.1 Å². The van der Waals surface area contributed by atoms with Crippen molar-refractivity contribution in [3.63, 3.8) is 0 Å². The molecule has 4 N–H and O–H groups in total. The van der Waals surface area contributed by atoms with Crippen molar-refractivity contribution in [2.24, 2.45) is 10.9 Å². The van der Waals surface area contributed by atoms with Gasteiger partial charge in [0.05, 0.1) is 11.8 Å². The summed E-state index contributed by atoms with van der Waals surface area (Å²) in [6, 6.07) is 1.58. The molecule has 1 saturated carbocycles. The van der Waals surface area contributed by atoms with Crippen LogP contribution in [0.1, 0.15) is 48.9 Å². The molecule has 0 bridgehead atoms. The number of carbonyl (C=O) groups excluding carboxylic acids is 1. The summed E-state index contributed by atoms with van der Waals surface area (Å²) in [5, 5.41) is 15.1. The molecule has 20 heavy (non-hydrogen) atoms. The van der Waals surface area contributed by atoms with Crippen LogP contribution < -0.4 is 11.1 Å². The second kappa shape index (κ2) is 6.30. The van der Waals surface area contributed by atoms with Crippen molar-refractivity contribution in [1.82, 2.24) is 5.32 Å². The molecular formula is C13H18BrN3O3. The van der Waals surface area contributed by atoms with Crippen LogP contribution in [0.5, 0.6) is 0 Å². The summed E-state index contributed by atoms with van der Waals surface area (Å²) < 4.78 is 5.44. The normalized spacial score (nSPS) is 19.4. The van der Waals surface area contributed by atoms with Crippen molar-refractivity contribution < 1.29 is 14.4 Å². The van der Waals surface area contributed by atoms with E-state index in [9.17, 15) is 4.79 Å². The predicted octanol–water partition coefficient (Wildman–Crippen LogP) is 2.61. The molecule has 1 aromatic rings. The van der Waals surface area contributed by atoms with Crippen molar-refractivity contribution >= 4 is 27.7 Å². The molecule has 0 atom stereocenters. The number of nitrogens with zero attached hydrogens (tertiary/aromatic N) is 1. The largest absolute Gasteiger partial charge is 0.457 e. The van der Waals surface area contributed by atoms with E-state index in [4.69, 9.17) is 15.4 Å². The molecule has 0 aromatic carbocycles. The zero-order valence-electron chi connectivity index (χ0n) is 11.1. The Bertz CT molecular complexity index is 505. The van der Waals surface area contributed by atoms with Crippen LogP contribution in [-0.2, 0) is 0 Å². The highest BCUT2D eigenvalue weighted by Crippen LogP contribution is 2.28. The van der Waals surface area contributed by atoms with E-state index < -0.39 is 5.54 Å². The molecule has 0 unspecified atom stereocenters. The molecule has 1 heterocycles. The Hall–Kier alpha value is -1.50. The smallest absolute Gasteiger partial charge is 0.256 e. The molecule has 7 heteroatoms. The van der Waals surface area contributed by atoms with Crippen molar-refractivity contribution in [2.45, 2.75) is 44.1 Å². The molecule has 110 valence electrons. The zero-order valence-corrected chi connectivity index (χ0v) is 12.6. The number of hydrogen-bond acceptors (Lipinski definition) is 4. The third-order valence-corrected chi connectivity index (χ3v) is 4.38. The Morgan fingerprint density at radius 1 is 1.40 bits per heavy atom. The number of halogens is 1. The third-order valence-electron chi connectivity index (χ3n) is 3.77. The van der Waals surface area contributed by atoms with E-state index in [2.05, 4.69) is 26.4 Å². The first kappa shape index (κ1) is 14.9. The number of amides is 1. The molecule has 0 aliphatic heterocycles. The fourth-order valence-corrected chi connectivity index (χ4v) is 3.03. The summed E-state index contributed by atoms with van der Waals surface area (Å²) in [5.74, 6) is -0.230. The van der Waals surface area contributed by atoms with Crippen molar-refractivity contribution in [3.8, 4) is 0 Å². The van der Waals surface area contributed by atoms with Gasteiger partial charge >= 0.3 is 0 Å². The second-order valence-corrected chi connectivity index (χ2v) is 5.76. The average molecular weight is 344 g/mol. The number of oxime groups is 1. The standard InChI is InChI=1S/C13H18BrN3O3/c14-10-9(5-8-20-10)11(18)16-13(12(15)17-19)6-3-1-2-4-7-13/h5,8,19H,1-4,6-7H2,(H2,15,17)(H,16,18). The Morgan fingerprint density at radius 3 is 2.55 bits per heavy atom. The van der Waals surface area contributed by atoms with Gasteiger partial charge in [0, 0.05) is 0 Å². The molecule has 2 rings (SSSR count). The van der Waals surface area contributed by atoms with Crippen molar-refractivity contribution in [2.75, 3.05) is 0 Å². The highest BCUT2D eigenvalue weighted by atomic mass is 79.9. The summed E-state index contributed by atoms with van der Waals surface area (Å²) in [5.41, 5.74) is 5.47. The Labute approximate surface area is 125 Å². The van der Waals surface area contributed by atoms with Crippen LogP contribution in [0, 0.1) is 0 Å². The first-order valence-electron chi connectivity index (χ1n) is 6.62. The number of nitrogens with two attached hydrogens (primary N) is 1. The second-order valence-electron chi connectivity index (χ2n) is 5.04. The minimum absolute atomic E-state index is 0.0624. The SMILES string of the molecule is N/C(=N/O)C1(NC(=O)c2ccoc2Br)CCCCCC1. The van der Waals surface area contributed by atoms with Crippen LogP contribution >= 0.6 is 15.9 Å².